The van der Waals surface area contributed by atoms with Gasteiger partial charge in [-0.25, -0.2) is 4.79 Å². The van der Waals surface area contributed by atoms with Crippen LogP contribution in [0.1, 0.15) is 31.2 Å². The normalized spacial score (nSPS) is 14.0. The number of nitrogens with zero attached hydrogens (tertiary/aromatic N) is 2. The molecule has 0 saturated carbocycles. The van der Waals surface area contributed by atoms with E-state index in [1.165, 1.54) is 15.7 Å². The molecule has 6 nitrogen and oxygen atoms in total. The molecular weight excluding hydrogens is 378 g/mol. The molecule has 6 heteroatoms. The van der Waals surface area contributed by atoms with Gasteiger partial charge < -0.3 is 9.88 Å². The van der Waals surface area contributed by atoms with Crippen molar-refractivity contribution in [2.75, 3.05) is 13.1 Å². The van der Waals surface area contributed by atoms with Gasteiger partial charge in [-0.05, 0) is 42.5 Å². The van der Waals surface area contributed by atoms with Crippen molar-refractivity contribution in [3.05, 3.63) is 87.1 Å². The van der Waals surface area contributed by atoms with Crippen molar-refractivity contribution in [2.45, 2.75) is 32.2 Å². The van der Waals surface area contributed by atoms with Crippen LogP contribution in [-0.4, -0.2) is 33.4 Å². The number of aromatic nitrogens is 2. The van der Waals surface area contributed by atoms with Crippen LogP contribution in [-0.2, 0) is 11.3 Å². The zero-order chi connectivity index (χ0) is 20.9. The number of carbonyl (C=O) groups excluding carboxylic acids is 1. The minimum absolute atomic E-state index is 0.123. The molecule has 0 atom stereocenters. The fraction of sp³-hybridized carbons (Fsp3) is 0.292. The van der Waals surface area contributed by atoms with Crippen LogP contribution >= 0.6 is 0 Å². The van der Waals surface area contributed by atoms with Crippen molar-refractivity contribution < 1.29 is 4.79 Å². The Bertz CT molecular complexity index is 1190. The van der Waals surface area contributed by atoms with Gasteiger partial charge in [-0.1, -0.05) is 48.5 Å². The molecule has 0 spiro atoms. The summed E-state index contributed by atoms with van der Waals surface area (Å²) >= 11 is 0. The van der Waals surface area contributed by atoms with Crippen molar-refractivity contribution in [3.63, 3.8) is 0 Å². The van der Waals surface area contributed by atoms with Gasteiger partial charge in [0, 0.05) is 26.1 Å². The number of amides is 1. The maximum Gasteiger partial charge on any atom is 0.328 e. The van der Waals surface area contributed by atoms with E-state index < -0.39 is 5.69 Å². The predicted octanol–water partition coefficient (Wildman–Crippen LogP) is 3.18. The average Bonchev–Trinajstić information content (AvgIpc) is 2.79. The molecule has 0 fully saturated rings. The van der Waals surface area contributed by atoms with Crippen molar-refractivity contribution in [2.24, 2.45) is 0 Å². The number of hydrogen-bond acceptors (Lipinski definition) is 3. The molecule has 2 aromatic carbocycles. The van der Waals surface area contributed by atoms with Crippen molar-refractivity contribution in [1.82, 2.24) is 14.5 Å². The lowest BCUT2D eigenvalue weighted by Crippen LogP contribution is -2.35. The molecule has 1 aliphatic rings. The highest BCUT2D eigenvalue weighted by Gasteiger charge is 2.17. The lowest BCUT2D eigenvalue weighted by molar-refractivity contribution is -0.130. The van der Waals surface area contributed by atoms with Gasteiger partial charge in [-0.2, -0.15) is 0 Å². The largest absolute Gasteiger partial charge is 0.339 e. The second-order valence-electron chi connectivity index (χ2n) is 7.57. The van der Waals surface area contributed by atoms with Crippen LogP contribution in [0.15, 0.2) is 70.3 Å². The third kappa shape index (κ3) is 4.27. The third-order valence-electron chi connectivity index (χ3n) is 5.62. The first-order chi connectivity index (χ1) is 14.6. The van der Waals surface area contributed by atoms with Gasteiger partial charge >= 0.3 is 5.69 Å². The lowest BCUT2D eigenvalue weighted by Gasteiger charge is -2.26. The molecule has 30 heavy (non-hydrogen) atoms. The van der Waals surface area contributed by atoms with E-state index in [0.29, 0.717) is 43.3 Å². The van der Waals surface area contributed by atoms with Crippen LogP contribution in [0.2, 0.25) is 0 Å². The number of fused-ring (bicyclic) bond motifs is 1. The van der Waals surface area contributed by atoms with Crippen LogP contribution < -0.4 is 11.2 Å². The molecule has 1 aromatic heterocycles. The highest BCUT2D eigenvalue weighted by molar-refractivity contribution is 5.78. The maximum absolute atomic E-state index is 12.5. The predicted molar refractivity (Wildman–Crippen MR) is 118 cm³/mol. The zero-order valence-electron chi connectivity index (χ0n) is 16.8. The Morgan fingerprint density at radius 2 is 1.73 bits per heavy atom. The monoisotopic (exact) mass is 403 g/mol. The summed E-state index contributed by atoms with van der Waals surface area (Å²) < 4.78 is 1.22. The number of benzene rings is 2. The lowest BCUT2D eigenvalue weighted by atomic mass is 9.99. The number of unbranched alkanes of at least 4 members (excludes halogenated alkanes) is 1. The molecule has 2 heterocycles. The van der Waals surface area contributed by atoms with Gasteiger partial charge in [0.1, 0.15) is 0 Å². The van der Waals surface area contributed by atoms with E-state index in [0.717, 1.165) is 13.0 Å². The van der Waals surface area contributed by atoms with Crippen LogP contribution in [0.5, 0.6) is 0 Å². The smallest absolute Gasteiger partial charge is 0.328 e. The second-order valence-corrected chi connectivity index (χ2v) is 7.57. The molecule has 1 aliphatic heterocycles. The van der Waals surface area contributed by atoms with Crippen molar-refractivity contribution in [3.8, 4) is 0 Å². The number of aromatic amines is 1. The zero-order valence-corrected chi connectivity index (χ0v) is 16.8. The molecule has 0 unspecified atom stereocenters. The molecular formula is C24H25N3O3. The molecule has 0 saturated heterocycles. The Balaban J connectivity index is 1.30. The van der Waals surface area contributed by atoms with E-state index in [4.69, 9.17) is 0 Å². The SMILES string of the molecule is O=C(CCCCn1c(=O)[nH]c2ccccc2c1=O)N1CC=C(c2ccccc2)CC1. The molecule has 0 aliphatic carbocycles. The molecule has 1 amide bonds. The van der Waals surface area contributed by atoms with Gasteiger partial charge in [0.15, 0.2) is 0 Å². The summed E-state index contributed by atoms with van der Waals surface area (Å²) in [6.07, 6.45) is 4.66. The number of hydrogen-bond donors (Lipinski definition) is 1. The van der Waals surface area contributed by atoms with E-state index in [-0.39, 0.29) is 11.5 Å². The molecule has 3 aromatic rings. The van der Waals surface area contributed by atoms with Crippen LogP contribution in [0.25, 0.3) is 16.5 Å². The van der Waals surface area contributed by atoms with E-state index in [2.05, 4.69) is 23.2 Å². The van der Waals surface area contributed by atoms with Gasteiger partial charge in [0.25, 0.3) is 5.56 Å². The Morgan fingerprint density at radius 3 is 2.50 bits per heavy atom. The average molecular weight is 403 g/mol. The Morgan fingerprint density at radius 1 is 0.967 bits per heavy atom. The van der Waals surface area contributed by atoms with Gasteiger partial charge in [-0.3, -0.25) is 14.2 Å². The fourth-order valence-corrected chi connectivity index (χ4v) is 3.92. The van der Waals surface area contributed by atoms with E-state index in [9.17, 15) is 14.4 Å². The van der Waals surface area contributed by atoms with Gasteiger partial charge in [0.05, 0.1) is 10.9 Å². The molecule has 154 valence electrons. The molecule has 4 rings (SSSR count). The Kier molecular flexibility index (Phi) is 5.93. The van der Waals surface area contributed by atoms with E-state index in [1.54, 1.807) is 24.3 Å². The van der Waals surface area contributed by atoms with Crippen molar-refractivity contribution >= 4 is 22.4 Å². The van der Waals surface area contributed by atoms with Crippen LogP contribution in [0, 0.1) is 0 Å². The topological polar surface area (TPSA) is 75.2 Å². The molecule has 0 radical (unpaired) electrons. The summed E-state index contributed by atoms with van der Waals surface area (Å²) in [6, 6.07) is 17.2. The number of nitrogens with one attached hydrogen (secondary N) is 1. The number of carbonyl (C=O) groups is 1. The van der Waals surface area contributed by atoms with Gasteiger partial charge in [-0.15, -0.1) is 0 Å². The summed E-state index contributed by atoms with van der Waals surface area (Å²) in [7, 11) is 0. The quantitative estimate of drug-likeness (QED) is 0.643. The van der Waals surface area contributed by atoms with E-state index >= 15 is 0 Å². The minimum atomic E-state index is -0.403. The van der Waals surface area contributed by atoms with Crippen LogP contribution in [0.3, 0.4) is 0 Å². The van der Waals surface area contributed by atoms with E-state index in [1.807, 2.05) is 23.1 Å². The number of rotatable bonds is 6. The highest BCUT2D eigenvalue weighted by Crippen LogP contribution is 2.22. The highest BCUT2D eigenvalue weighted by atomic mass is 16.2. The van der Waals surface area contributed by atoms with Crippen LogP contribution in [0.4, 0.5) is 0 Å². The maximum atomic E-state index is 12.5. The summed E-state index contributed by atoms with van der Waals surface area (Å²) in [5.41, 5.74) is 2.37. The standard InChI is InChI=1S/C24H25N3O3/c28-22(26-16-13-19(14-17-26)18-8-2-1-3-9-18)12-6-7-15-27-23(29)20-10-4-5-11-21(20)25-24(27)30/h1-5,8-11,13H,6-7,12,14-17H2,(H,25,30). The Labute approximate surface area is 174 Å². The summed E-state index contributed by atoms with van der Waals surface area (Å²) in [5.74, 6) is 0.123. The second kappa shape index (κ2) is 8.95. The minimum Gasteiger partial charge on any atom is -0.339 e. The first kappa shape index (κ1) is 19.9. The fourth-order valence-electron chi connectivity index (χ4n) is 3.92. The molecule has 0 bridgehead atoms. The van der Waals surface area contributed by atoms with Crippen molar-refractivity contribution in [1.29, 1.82) is 0 Å². The molecule has 1 N–H and O–H groups in total. The first-order valence-corrected chi connectivity index (χ1v) is 10.4. The Hall–Kier alpha value is -3.41. The summed E-state index contributed by atoms with van der Waals surface area (Å²) in [6.45, 7) is 1.67. The summed E-state index contributed by atoms with van der Waals surface area (Å²) in [5, 5.41) is 0.502. The third-order valence-corrected chi connectivity index (χ3v) is 5.62. The number of H-pyrrole nitrogens is 1. The first-order valence-electron chi connectivity index (χ1n) is 10.4. The number of para-hydroxylation sites is 1. The summed E-state index contributed by atoms with van der Waals surface area (Å²) in [4.78, 5) is 41.9. The van der Waals surface area contributed by atoms with Gasteiger partial charge in [0.2, 0.25) is 5.91 Å².